The lowest BCUT2D eigenvalue weighted by Gasteiger charge is -2.18. The van der Waals surface area contributed by atoms with Crippen LogP contribution < -0.4 is 5.32 Å². The van der Waals surface area contributed by atoms with Gasteiger partial charge in [-0.05, 0) is 43.9 Å². The molecule has 3 heteroatoms. The van der Waals surface area contributed by atoms with Crippen LogP contribution in [0.15, 0.2) is 24.3 Å². The maximum atomic E-state index is 9.24. The number of hydrogen-bond acceptors (Lipinski definition) is 2. The average molecular weight is 254 g/mol. The van der Waals surface area contributed by atoms with E-state index in [4.69, 9.17) is 11.6 Å². The molecule has 1 atom stereocenters. The lowest BCUT2D eigenvalue weighted by molar-refractivity contribution is 0.204. The van der Waals surface area contributed by atoms with Crippen molar-refractivity contribution < 1.29 is 5.11 Å². The first-order valence-electron chi connectivity index (χ1n) is 6.22. The highest BCUT2D eigenvalue weighted by molar-refractivity contribution is 6.30. The summed E-state index contributed by atoms with van der Waals surface area (Å²) < 4.78 is 0. The minimum Gasteiger partial charge on any atom is -0.396 e. The number of aliphatic hydroxyl groups is 1. The molecule has 0 bridgehead atoms. The molecule has 0 saturated heterocycles. The molecule has 1 aliphatic carbocycles. The Hall–Kier alpha value is -0.570. The van der Waals surface area contributed by atoms with Crippen LogP contribution >= 0.6 is 11.6 Å². The van der Waals surface area contributed by atoms with E-state index in [1.807, 2.05) is 12.1 Å². The summed E-state index contributed by atoms with van der Waals surface area (Å²) in [5, 5.41) is 13.5. The zero-order valence-corrected chi connectivity index (χ0v) is 11.0. The van der Waals surface area contributed by atoms with Crippen LogP contribution in [0.25, 0.3) is 0 Å². The van der Waals surface area contributed by atoms with Gasteiger partial charge in [0.1, 0.15) is 0 Å². The second-order valence-electron chi connectivity index (χ2n) is 5.27. The van der Waals surface area contributed by atoms with E-state index >= 15 is 0 Å². The van der Waals surface area contributed by atoms with E-state index in [1.165, 1.54) is 5.56 Å². The first-order chi connectivity index (χ1) is 8.13. The summed E-state index contributed by atoms with van der Waals surface area (Å²) in [7, 11) is 0. The first kappa shape index (κ1) is 12.9. The standard InChI is InChI=1S/C14H20ClNO/c1-11(16-9-14(10-17)6-7-14)8-12-2-4-13(15)5-3-12/h2-5,11,16-17H,6-10H2,1H3. The van der Waals surface area contributed by atoms with Gasteiger partial charge >= 0.3 is 0 Å². The van der Waals surface area contributed by atoms with Crippen LogP contribution in [0, 0.1) is 5.41 Å². The van der Waals surface area contributed by atoms with E-state index in [1.54, 1.807) is 0 Å². The van der Waals surface area contributed by atoms with Gasteiger partial charge < -0.3 is 10.4 Å². The molecule has 0 heterocycles. The molecule has 1 aromatic rings. The number of benzene rings is 1. The van der Waals surface area contributed by atoms with Crippen LogP contribution in [0.1, 0.15) is 25.3 Å². The van der Waals surface area contributed by atoms with Gasteiger partial charge in [-0.3, -0.25) is 0 Å². The molecule has 2 N–H and O–H groups in total. The summed E-state index contributed by atoms with van der Waals surface area (Å²) in [6, 6.07) is 8.43. The fourth-order valence-electron chi connectivity index (χ4n) is 2.00. The van der Waals surface area contributed by atoms with Crippen molar-refractivity contribution in [1.29, 1.82) is 0 Å². The van der Waals surface area contributed by atoms with Gasteiger partial charge in [-0.15, -0.1) is 0 Å². The zero-order valence-electron chi connectivity index (χ0n) is 10.2. The van der Waals surface area contributed by atoms with Gasteiger partial charge in [-0.1, -0.05) is 23.7 Å². The van der Waals surface area contributed by atoms with Crippen LogP contribution in [0.3, 0.4) is 0 Å². The summed E-state index contributed by atoms with van der Waals surface area (Å²) >= 11 is 5.85. The summed E-state index contributed by atoms with van der Waals surface area (Å²) in [5.41, 5.74) is 1.48. The molecule has 17 heavy (non-hydrogen) atoms. The van der Waals surface area contributed by atoms with Crippen LogP contribution in [0.5, 0.6) is 0 Å². The lowest BCUT2D eigenvalue weighted by atomic mass is 10.1. The third-order valence-electron chi connectivity index (χ3n) is 3.57. The topological polar surface area (TPSA) is 32.3 Å². The minimum atomic E-state index is 0.189. The SMILES string of the molecule is CC(Cc1ccc(Cl)cc1)NCC1(CO)CC1. The van der Waals surface area contributed by atoms with Crippen LogP contribution in [0.4, 0.5) is 0 Å². The molecular formula is C14H20ClNO. The van der Waals surface area contributed by atoms with Gasteiger partial charge in [0, 0.05) is 29.6 Å². The Bertz CT molecular complexity index is 359. The van der Waals surface area contributed by atoms with Gasteiger partial charge in [-0.2, -0.15) is 0 Å². The second kappa shape index (κ2) is 5.38. The Morgan fingerprint density at radius 2 is 2.00 bits per heavy atom. The van der Waals surface area contributed by atoms with E-state index < -0.39 is 0 Å². The van der Waals surface area contributed by atoms with Crippen molar-refractivity contribution in [3.8, 4) is 0 Å². The van der Waals surface area contributed by atoms with E-state index in [0.29, 0.717) is 12.6 Å². The summed E-state index contributed by atoms with van der Waals surface area (Å²) in [4.78, 5) is 0. The van der Waals surface area contributed by atoms with E-state index in [-0.39, 0.29) is 5.41 Å². The predicted molar refractivity (Wildman–Crippen MR) is 71.4 cm³/mol. The number of halogens is 1. The number of nitrogens with one attached hydrogen (secondary N) is 1. The Morgan fingerprint density at radius 1 is 1.35 bits per heavy atom. The van der Waals surface area contributed by atoms with Crippen molar-refractivity contribution in [2.45, 2.75) is 32.2 Å². The van der Waals surface area contributed by atoms with Gasteiger partial charge in [0.05, 0.1) is 0 Å². The highest BCUT2D eigenvalue weighted by atomic mass is 35.5. The van der Waals surface area contributed by atoms with Crippen LogP contribution in [-0.4, -0.2) is 24.3 Å². The molecule has 0 aromatic heterocycles. The second-order valence-corrected chi connectivity index (χ2v) is 5.71. The monoisotopic (exact) mass is 253 g/mol. The Kier molecular flexibility index (Phi) is 4.08. The van der Waals surface area contributed by atoms with Gasteiger partial charge in [0.25, 0.3) is 0 Å². The molecule has 2 rings (SSSR count). The molecule has 1 aromatic carbocycles. The molecule has 0 aliphatic heterocycles. The maximum Gasteiger partial charge on any atom is 0.0499 e. The van der Waals surface area contributed by atoms with Crippen molar-refractivity contribution in [1.82, 2.24) is 5.32 Å². The van der Waals surface area contributed by atoms with E-state index in [2.05, 4.69) is 24.4 Å². The van der Waals surface area contributed by atoms with Crippen molar-refractivity contribution in [2.24, 2.45) is 5.41 Å². The average Bonchev–Trinajstić information content (AvgIpc) is 3.10. The van der Waals surface area contributed by atoms with E-state index in [9.17, 15) is 5.11 Å². The summed E-state index contributed by atoms with van der Waals surface area (Å²) in [6.45, 7) is 3.42. The Balaban J connectivity index is 1.77. The molecule has 1 saturated carbocycles. The highest BCUT2D eigenvalue weighted by Crippen LogP contribution is 2.44. The molecule has 1 unspecified atom stereocenters. The number of aliphatic hydroxyl groups excluding tert-OH is 1. The molecular weight excluding hydrogens is 234 g/mol. The molecule has 0 radical (unpaired) electrons. The zero-order chi connectivity index (χ0) is 12.3. The van der Waals surface area contributed by atoms with Crippen LogP contribution in [-0.2, 0) is 6.42 Å². The smallest absolute Gasteiger partial charge is 0.0499 e. The fourth-order valence-corrected chi connectivity index (χ4v) is 2.13. The summed E-state index contributed by atoms with van der Waals surface area (Å²) in [6.07, 6.45) is 3.31. The molecule has 94 valence electrons. The Morgan fingerprint density at radius 3 is 2.53 bits per heavy atom. The third-order valence-corrected chi connectivity index (χ3v) is 3.83. The predicted octanol–water partition coefficient (Wildman–Crippen LogP) is 2.63. The van der Waals surface area contributed by atoms with Crippen molar-refractivity contribution in [3.63, 3.8) is 0 Å². The van der Waals surface area contributed by atoms with Crippen LogP contribution in [0.2, 0.25) is 5.02 Å². The van der Waals surface area contributed by atoms with E-state index in [0.717, 1.165) is 30.8 Å². The number of hydrogen-bond donors (Lipinski definition) is 2. The lowest BCUT2D eigenvalue weighted by Crippen LogP contribution is -2.34. The molecule has 1 aliphatic rings. The molecule has 0 spiro atoms. The molecule has 2 nitrogen and oxygen atoms in total. The van der Waals surface area contributed by atoms with Gasteiger partial charge in [0.2, 0.25) is 0 Å². The number of rotatable bonds is 6. The highest BCUT2D eigenvalue weighted by Gasteiger charge is 2.41. The maximum absolute atomic E-state index is 9.24. The largest absolute Gasteiger partial charge is 0.396 e. The van der Waals surface area contributed by atoms with Crippen molar-refractivity contribution in [2.75, 3.05) is 13.2 Å². The van der Waals surface area contributed by atoms with Crippen molar-refractivity contribution >= 4 is 11.6 Å². The molecule has 1 fully saturated rings. The van der Waals surface area contributed by atoms with Crippen molar-refractivity contribution in [3.05, 3.63) is 34.9 Å². The Labute approximate surface area is 108 Å². The van der Waals surface area contributed by atoms with Gasteiger partial charge in [0.15, 0.2) is 0 Å². The minimum absolute atomic E-state index is 0.189. The molecule has 0 amide bonds. The van der Waals surface area contributed by atoms with Gasteiger partial charge in [-0.25, -0.2) is 0 Å². The third kappa shape index (κ3) is 3.70. The quantitative estimate of drug-likeness (QED) is 0.817. The normalized spacial score (nSPS) is 19.0. The summed E-state index contributed by atoms with van der Waals surface area (Å²) in [5.74, 6) is 0. The fraction of sp³-hybridized carbons (Fsp3) is 0.571. The first-order valence-corrected chi connectivity index (χ1v) is 6.60.